The van der Waals surface area contributed by atoms with Crippen molar-refractivity contribution in [2.75, 3.05) is 6.54 Å². The van der Waals surface area contributed by atoms with Crippen molar-refractivity contribution in [3.8, 4) is 0 Å². The van der Waals surface area contributed by atoms with Crippen molar-refractivity contribution in [2.45, 2.75) is 20.4 Å². The molecular formula is C10H14BrN3O. The summed E-state index contributed by atoms with van der Waals surface area (Å²) in [5.74, 6) is -0.127. The van der Waals surface area contributed by atoms with Crippen LogP contribution >= 0.6 is 15.9 Å². The Morgan fingerprint density at radius 1 is 1.73 bits per heavy atom. The topological polar surface area (TPSA) is 46.9 Å². The molecule has 0 fully saturated rings. The van der Waals surface area contributed by atoms with Crippen molar-refractivity contribution in [1.29, 1.82) is 0 Å². The van der Waals surface area contributed by atoms with E-state index < -0.39 is 0 Å². The van der Waals surface area contributed by atoms with Gasteiger partial charge in [0.05, 0.1) is 5.69 Å². The molecule has 0 aromatic carbocycles. The molecule has 82 valence electrons. The van der Waals surface area contributed by atoms with Gasteiger partial charge in [0, 0.05) is 17.6 Å². The molecule has 1 aromatic heterocycles. The van der Waals surface area contributed by atoms with Crippen LogP contribution in [-0.4, -0.2) is 22.2 Å². The summed E-state index contributed by atoms with van der Waals surface area (Å²) in [5.41, 5.74) is 1.43. The van der Waals surface area contributed by atoms with E-state index in [2.05, 4.69) is 32.9 Å². The van der Waals surface area contributed by atoms with Crippen molar-refractivity contribution in [3.05, 3.63) is 28.5 Å². The van der Waals surface area contributed by atoms with Crippen LogP contribution in [0.25, 0.3) is 0 Å². The smallest absolute Gasteiger partial charge is 0.269 e. The molecule has 0 aliphatic heterocycles. The molecule has 15 heavy (non-hydrogen) atoms. The van der Waals surface area contributed by atoms with E-state index >= 15 is 0 Å². The first-order valence-corrected chi connectivity index (χ1v) is 5.49. The van der Waals surface area contributed by atoms with Gasteiger partial charge in [-0.3, -0.25) is 9.48 Å². The Kier molecular flexibility index (Phi) is 4.08. The number of amides is 1. The largest absolute Gasteiger partial charge is 0.346 e. The summed E-state index contributed by atoms with van der Waals surface area (Å²) < 4.78 is 2.43. The zero-order valence-corrected chi connectivity index (χ0v) is 10.5. The van der Waals surface area contributed by atoms with Crippen molar-refractivity contribution in [1.82, 2.24) is 15.1 Å². The summed E-state index contributed by atoms with van der Waals surface area (Å²) in [7, 11) is 0. The van der Waals surface area contributed by atoms with Gasteiger partial charge in [-0.2, -0.15) is 5.10 Å². The molecule has 1 heterocycles. The Balaban J connectivity index is 2.76. The third-order valence-corrected chi connectivity index (χ3v) is 2.16. The van der Waals surface area contributed by atoms with Gasteiger partial charge in [0.1, 0.15) is 5.69 Å². The third-order valence-electron chi connectivity index (χ3n) is 1.88. The third kappa shape index (κ3) is 3.20. The predicted molar refractivity (Wildman–Crippen MR) is 63.0 cm³/mol. The van der Waals surface area contributed by atoms with Gasteiger partial charge in [0.25, 0.3) is 5.91 Å². The molecule has 1 rings (SSSR count). The molecule has 4 nitrogen and oxygen atoms in total. The molecule has 0 unspecified atom stereocenters. The van der Waals surface area contributed by atoms with Crippen LogP contribution in [-0.2, 0) is 6.54 Å². The highest BCUT2D eigenvalue weighted by atomic mass is 79.9. The number of hydrogen-bond acceptors (Lipinski definition) is 2. The summed E-state index contributed by atoms with van der Waals surface area (Å²) in [4.78, 5) is 11.7. The number of rotatable bonds is 4. The predicted octanol–water partition coefficient (Wildman–Crippen LogP) is 1.85. The molecule has 1 amide bonds. The van der Waals surface area contributed by atoms with Crippen LogP contribution in [0.3, 0.4) is 0 Å². The van der Waals surface area contributed by atoms with Gasteiger partial charge in [0.15, 0.2) is 0 Å². The highest BCUT2D eigenvalue weighted by Crippen LogP contribution is 2.04. The quantitative estimate of drug-likeness (QED) is 0.909. The highest BCUT2D eigenvalue weighted by Gasteiger charge is 2.12. The second kappa shape index (κ2) is 5.11. The van der Waals surface area contributed by atoms with Gasteiger partial charge in [-0.05, 0) is 19.9 Å². The molecule has 0 saturated carbocycles. The summed E-state index contributed by atoms with van der Waals surface area (Å²) in [6.45, 7) is 8.58. The van der Waals surface area contributed by atoms with Crippen LogP contribution < -0.4 is 5.32 Å². The Morgan fingerprint density at radius 3 is 2.93 bits per heavy atom. The number of hydrogen-bond donors (Lipinski definition) is 1. The van der Waals surface area contributed by atoms with E-state index in [0.29, 0.717) is 18.8 Å². The van der Waals surface area contributed by atoms with Gasteiger partial charge >= 0.3 is 0 Å². The lowest BCUT2D eigenvalue weighted by Crippen LogP contribution is -2.26. The lowest BCUT2D eigenvalue weighted by molar-refractivity contribution is 0.0947. The normalized spacial score (nSPS) is 10.1. The zero-order valence-electron chi connectivity index (χ0n) is 8.88. The van der Waals surface area contributed by atoms with E-state index in [-0.39, 0.29) is 5.91 Å². The van der Waals surface area contributed by atoms with Crippen molar-refractivity contribution >= 4 is 21.8 Å². The first-order valence-electron chi connectivity index (χ1n) is 4.70. The minimum absolute atomic E-state index is 0.127. The maximum Gasteiger partial charge on any atom is 0.269 e. The molecule has 0 aliphatic rings. The average molecular weight is 272 g/mol. The standard InChI is InChI=1S/C10H14BrN3O/c1-4-14-9(5-8(3)13-14)10(15)12-6-7(2)11/h5H,2,4,6H2,1,3H3,(H,12,15). The number of halogens is 1. The number of aromatic nitrogens is 2. The fourth-order valence-corrected chi connectivity index (χ4v) is 1.38. The van der Waals surface area contributed by atoms with Crippen LogP contribution in [0.5, 0.6) is 0 Å². The Morgan fingerprint density at radius 2 is 2.40 bits per heavy atom. The summed E-state index contributed by atoms with van der Waals surface area (Å²) in [6.07, 6.45) is 0. The number of aryl methyl sites for hydroxylation is 2. The van der Waals surface area contributed by atoms with Crippen LogP contribution in [0.1, 0.15) is 23.1 Å². The number of nitrogens with zero attached hydrogens (tertiary/aromatic N) is 2. The minimum Gasteiger partial charge on any atom is -0.346 e. The van der Waals surface area contributed by atoms with Gasteiger partial charge in [-0.1, -0.05) is 22.5 Å². The average Bonchev–Trinajstić information content (AvgIpc) is 2.56. The van der Waals surface area contributed by atoms with E-state index in [0.717, 1.165) is 10.2 Å². The van der Waals surface area contributed by atoms with E-state index in [1.54, 1.807) is 10.7 Å². The van der Waals surface area contributed by atoms with Crippen molar-refractivity contribution < 1.29 is 4.79 Å². The first-order chi connectivity index (χ1) is 7.04. The van der Waals surface area contributed by atoms with Crippen LogP contribution in [0, 0.1) is 6.92 Å². The summed E-state index contributed by atoms with van der Waals surface area (Å²) >= 11 is 3.18. The highest BCUT2D eigenvalue weighted by molar-refractivity contribution is 9.11. The van der Waals surface area contributed by atoms with Crippen LogP contribution in [0.2, 0.25) is 0 Å². The molecular weight excluding hydrogens is 258 g/mol. The zero-order chi connectivity index (χ0) is 11.4. The van der Waals surface area contributed by atoms with Crippen LogP contribution in [0.15, 0.2) is 17.1 Å². The van der Waals surface area contributed by atoms with Crippen molar-refractivity contribution in [2.24, 2.45) is 0 Å². The maximum absolute atomic E-state index is 11.7. The van der Waals surface area contributed by atoms with Gasteiger partial charge in [-0.25, -0.2) is 0 Å². The first kappa shape index (κ1) is 12.0. The number of carbonyl (C=O) groups excluding carboxylic acids is 1. The van der Waals surface area contributed by atoms with Gasteiger partial charge in [0.2, 0.25) is 0 Å². The maximum atomic E-state index is 11.7. The lowest BCUT2D eigenvalue weighted by Gasteiger charge is -2.05. The molecule has 1 aromatic rings. The molecule has 0 radical (unpaired) electrons. The molecule has 0 saturated heterocycles. The van der Waals surface area contributed by atoms with E-state index in [4.69, 9.17) is 0 Å². The molecule has 5 heteroatoms. The van der Waals surface area contributed by atoms with E-state index in [1.807, 2.05) is 13.8 Å². The van der Waals surface area contributed by atoms with Crippen LogP contribution in [0.4, 0.5) is 0 Å². The van der Waals surface area contributed by atoms with Crippen molar-refractivity contribution in [3.63, 3.8) is 0 Å². The Bertz CT molecular complexity index is 384. The SMILES string of the molecule is C=C(Br)CNC(=O)c1cc(C)nn1CC. The minimum atomic E-state index is -0.127. The van der Waals surface area contributed by atoms with E-state index in [9.17, 15) is 4.79 Å². The Hall–Kier alpha value is -1.10. The summed E-state index contributed by atoms with van der Waals surface area (Å²) in [6, 6.07) is 1.77. The summed E-state index contributed by atoms with van der Waals surface area (Å²) in [5, 5.41) is 6.94. The second-order valence-corrected chi connectivity index (χ2v) is 4.31. The fourth-order valence-electron chi connectivity index (χ4n) is 1.24. The monoisotopic (exact) mass is 271 g/mol. The molecule has 0 aliphatic carbocycles. The number of carbonyl (C=O) groups is 1. The fraction of sp³-hybridized carbons (Fsp3) is 0.400. The van der Waals surface area contributed by atoms with Gasteiger partial charge in [-0.15, -0.1) is 0 Å². The second-order valence-electron chi connectivity index (χ2n) is 3.19. The molecule has 0 atom stereocenters. The number of nitrogens with one attached hydrogen (secondary N) is 1. The lowest BCUT2D eigenvalue weighted by atomic mass is 10.3. The molecule has 0 bridgehead atoms. The molecule has 1 N–H and O–H groups in total. The Labute approximate surface area is 97.5 Å². The molecule has 0 spiro atoms. The van der Waals surface area contributed by atoms with E-state index in [1.165, 1.54) is 0 Å². The van der Waals surface area contributed by atoms with Gasteiger partial charge < -0.3 is 5.32 Å².